The van der Waals surface area contributed by atoms with Gasteiger partial charge in [-0.05, 0) is 122 Å². The van der Waals surface area contributed by atoms with Crippen molar-refractivity contribution in [1.29, 1.82) is 0 Å². The topological polar surface area (TPSA) is 190 Å². The Labute approximate surface area is 458 Å². The van der Waals surface area contributed by atoms with Crippen LogP contribution in [-0.2, 0) is 103 Å². The summed E-state index contributed by atoms with van der Waals surface area (Å²) in [5, 5.41) is 1.79. The maximum absolute atomic E-state index is 13.5. The summed E-state index contributed by atoms with van der Waals surface area (Å²) in [5.74, 6) is -0.566. The van der Waals surface area contributed by atoms with E-state index in [4.69, 9.17) is 72.0 Å². The number of rotatable bonds is 33. The Bertz CT molecular complexity index is 2380. The zero-order chi connectivity index (χ0) is 55.2. The molecule has 0 saturated carbocycles. The summed E-state index contributed by atoms with van der Waals surface area (Å²) in [7, 11) is 0. The minimum Gasteiger partial charge on any atom is -0.490 e. The monoisotopic (exact) mass is 1090 g/mol. The number of fused-ring (bicyclic) bond motifs is 7. The molecule has 0 radical (unpaired) electrons. The second kappa shape index (κ2) is 30.4. The van der Waals surface area contributed by atoms with Crippen LogP contribution in [0.4, 0.5) is 0 Å². The van der Waals surface area contributed by atoms with Gasteiger partial charge in [-0.15, -0.1) is 19.7 Å². The molecule has 3 spiro atoms. The molecule has 7 rings (SSSR count). The number of benzene rings is 2. The number of hydrogen-bond donors (Lipinski definition) is 0. The fourth-order valence-electron chi connectivity index (χ4n) is 11.6. The molecule has 0 aromatic heterocycles. The molecule has 3 heterocycles. The molecule has 0 bridgehead atoms. The molecule has 2 aromatic carbocycles. The first kappa shape index (κ1) is 60.4. The Morgan fingerprint density at radius 1 is 0.500 bits per heavy atom. The fourth-order valence-corrected chi connectivity index (χ4v) is 11.6. The Hall–Kier alpha value is -5.25. The highest BCUT2D eigenvalue weighted by Gasteiger charge is 2.68. The van der Waals surface area contributed by atoms with Gasteiger partial charge in [0.05, 0.1) is 39.1 Å². The van der Waals surface area contributed by atoms with Gasteiger partial charge in [0.1, 0.15) is 54.9 Å². The van der Waals surface area contributed by atoms with Crippen LogP contribution < -0.4 is 9.47 Å². The lowest BCUT2D eigenvalue weighted by Gasteiger charge is -2.60. The van der Waals surface area contributed by atoms with E-state index in [1.165, 1.54) is 12.2 Å². The number of carbonyl (C=O) groups is 3. The van der Waals surface area contributed by atoms with Crippen LogP contribution in [0.15, 0.2) is 88.1 Å². The molecule has 18 nitrogen and oxygen atoms in total. The summed E-state index contributed by atoms with van der Waals surface area (Å²) in [4.78, 5) is 71.8. The van der Waals surface area contributed by atoms with Gasteiger partial charge in [0.25, 0.3) is 0 Å². The molecule has 7 unspecified atom stereocenters. The van der Waals surface area contributed by atoms with E-state index in [1.807, 2.05) is 0 Å². The third kappa shape index (κ3) is 14.4. The van der Waals surface area contributed by atoms with E-state index in [-0.39, 0.29) is 45.7 Å². The Morgan fingerprint density at radius 2 is 0.987 bits per heavy atom. The smallest absolute Gasteiger partial charge is 0.330 e. The lowest BCUT2D eigenvalue weighted by atomic mass is 9.58. The van der Waals surface area contributed by atoms with Crippen LogP contribution in [0, 0.1) is 0 Å². The summed E-state index contributed by atoms with van der Waals surface area (Å²) in [6.45, 7) is 25.9. The minimum atomic E-state index is -1.29. The predicted octanol–water partition coefficient (Wildman–Crippen LogP) is 8.86. The lowest BCUT2D eigenvalue weighted by molar-refractivity contribution is -0.393. The van der Waals surface area contributed by atoms with Gasteiger partial charge in [-0.1, -0.05) is 38.0 Å². The maximum Gasteiger partial charge on any atom is 0.330 e. The summed E-state index contributed by atoms with van der Waals surface area (Å²) in [6, 6.07) is 4.12. The fraction of sp³-hybridized carbons (Fsp3) is 0.583. The van der Waals surface area contributed by atoms with Crippen LogP contribution in [-0.4, -0.2) is 138 Å². The van der Waals surface area contributed by atoms with E-state index >= 15 is 0 Å². The van der Waals surface area contributed by atoms with Crippen LogP contribution in [0.5, 0.6) is 11.5 Å². The van der Waals surface area contributed by atoms with Crippen molar-refractivity contribution in [2.45, 2.75) is 144 Å². The summed E-state index contributed by atoms with van der Waals surface area (Å²) in [5.41, 5.74) is 0.168. The van der Waals surface area contributed by atoms with E-state index in [0.717, 1.165) is 39.1 Å². The van der Waals surface area contributed by atoms with Gasteiger partial charge in [0.2, 0.25) is 0 Å². The van der Waals surface area contributed by atoms with Crippen molar-refractivity contribution in [1.82, 2.24) is 0 Å². The third-order valence-corrected chi connectivity index (χ3v) is 15.1. The molecule has 2 aromatic rings. The molecule has 428 valence electrons. The van der Waals surface area contributed by atoms with Gasteiger partial charge in [0.15, 0.2) is 11.5 Å². The normalized spacial score (nSPS) is 25.3. The Balaban J connectivity index is 1.42. The summed E-state index contributed by atoms with van der Waals surface area (Å²) >= 11 is 0. The van der Waals surface area contributed by atoms with E-state index in [2.05, 4.69) is 51.6 Å². The van der Waals surface area contributed by atoms with Gasteiger partial charge in [-0.3, -0.25) is 0 Å². The largest absolute Gasteiger partial charge is 0.490 e. The summed E-state index contributed by atoms with van der Waals surface area (Å²) < 4.78 is 59.7. The predicted molar refractivity (Wildman–Crippen MR) is 287 cm³/mol. The van der Waals surface area contributed by atoms with Crippen LogP contribution >= 0.6 is 0 Å². The molecule has 3 saturated heterocycles. The SMILES string of the molecule is C=CCOOCCCCOc1cc2c3c(c4c(c2cc1OCCCCOOCC=C)CC1(OCCCC1OOCC=C)C1(C4)OCCCC1OC(=O)C=C)CC1(OCCCC1OC(=O)C=C)C(OCCCCOC(=O)C=C)C3. The number of unbranched alkanes of at least 4 members (excludes halogenated alkanes) is 3. The highest BCUT2D eigenvalue weighted by Crippen LogP contribution is 2.57. The molecule has 3 aliphatic heterocycles. The summed E-state index contributed by atoms with van der Waals surface area (Å²) in [6.07, 6.45) is 13.9. The second-order valence-corrected chi connectivity index (χ2v) is 20.0. The number of ether oxygens (including phenoxy) is 9. The zero-order valence-electron chi connectivity index (χ0n) is 45.3. The molecule has 0 amide bonds. The number of hydrogen-bond acceptors (Lipinski definition) is 18. The van der Waals surface area contributed by atoms with E-state index in [9.17, 15) is 14.4 Å². The van der Waals surface area contributed by atoms with Crippen LogP contribution in [0.3, 0.4) is 0 Å². The quantitative estimate of drug-likeness (QED) is 0.0125. The lowest BCUT2D eigenvalue weighted by Crippen LogP contribution is -2.75. The minimum absolute atomic E-state index is 0.127. The van der Waals surface area contributed by atoms with Crippen molar-refractivity contribution < 1.29 is 86.3 Å². The van der Waals surface area contributed by atoms with Crippen molar-refractivity contribution in [2.75, 3.05) is 79.3 Å². The molecule has 78 heavy (non-hydrogen) atoms. The zero-order valence-corrected chi connectivity index (χ0v) is 45.3. The molecular formula is C60H80O18. The number of carbonyl (C=O) groups excluding carboxylic acids is 3. The van der Waals surface area contributed by atoms with Gasteiger partial charge in [0, 0.05) is 70.3 Å². The first-order valence-corrected chi connectivity index (χ1v) is 27.6. The van der Waals surface area contributed by atoms with Crippen molar-refractivity contribution in [3.8, 4) is 11.5 Å². The van der Waals surface area contributed by atoms with Gasteiger partial charge in [-0.2, -0.15) is 0 Å². The first-order valence-electron chi connectivity index (χ1n) is 27.6. The average molecular weight is 1090 g/mol. The van der Waals surface area contributed by atoms with Crippen molar-refractivity contribution in [3.63, 3.8) is 0 Å². The average Bonchev–Trinajstić information content (AvgIpc) is 3.47. The van der Waals surface area contributed by atoms with Crippen molar-refractivity contribution in [3.05, 3.63) is 110 Å². The first-order chi connectivity index (χ1) is 38.1. The Morgan fingerprint density at radius 3 is 1.60 bits per heavy atom. The van der Waals surface area contributed by atoms with Crippen LogP contribution in [0.25, 0.3) is 10.8 Å². The van der Waals surface area contributed by atoms with Gasteiger partial charge < -0.3 is 42.6 Å². The molecule has 18 heteroatoms. The molecule has 5 aliphatic rings. The molecule has 2 aliphatic carbocycles. The van der Waals surface area contributed by atoms with Crippen LogP contribution in [0.1, 0.15) is 99.3 Å². The van der Waals surface area contributed by atoms with Gasteiger partial charge >= 0.3 is 17.9 Å². The Kier molecular flexibility index (Phi) is 23.5. The highest BCUT2D eigenvalue weighted by atomic mass is 17.2. The molecule has 7 atom stereocenters. The highest BCUT2D eigenvalue weighted by molar-refractivity contribution is 5.95. The molecular weight excluding hydrogens is 1010 g/mol. The van der Waals surface area contributed by atoms with E-state index in [0.29, 0.717) is 148 Å². The van der Waals surface area contributed by atoms with E-state index in [1.54, 1.807) is 18.2 Å². The second-order valence-electron chi connectivity index (χ2n) is 20.0. The molecule has 3 fully saturated rings. The van der Waals surface area contributed by atoms with E-state index < -0.39 is 59.1 Å². The standard InChI is InChI=1S/C60H80O18/c1-7-25-71-73-35-17-15-28-64-49-37-43-44(38-50(49)65-29-16-18-36-74-72-26-8-2)47-41-60(53(24-21-34-70-60)78-75-27-9-3)59(52(23-20-33-69-59)77-57(63)12-6)42-48(47)46-40-58(51(22-19-32-68-58)76-56(62)11-5)54(39-45(43)46)66-30-13-14-31-67-55(61)10-4/h7-12,37-38,51-54H,1-6,13-36,39-42H2. The molecule has 0 N–H and O–H groups in total. The maximum atomic E-state index is 13.5. The number of esters is 3. The van der Waals surface area contributed by atoms with Crippen molar-refractivity contribution >= 4 is 28.7 Å². The van der Waals surface area contributed by atoms with Crippen LogP contribution in [0.2, 0.25) is 0 Å². The third-order valence-electron chi connectivity index (χ3n) is 15.1. The van der Waals surface area contributed by atoms with Crippen molar-refractivity contribution in [2.24, 2.45) is 0 Å². The van der Waals surface area contributed by atoms with Gasteiger partial charge in [-0.25, -0.2) is 43.7 Å².